The molecule has 2 aliphatic heterocycles. The van der Waals surface area contributed by atoms with Gasteiger partial charge in [0, 0.05) is 43.2 Å². The molecule has 5 heteroatoms. The number of carbonyl (C=O) groups excluding carboxylic acids is 1. The van der Waals surface area contributed by atoms with Gasteiger partial charge in [0.1, 0.15) is 5.60 Å². The second kappa shape index (κ2) is 7.09. The first-order chi connectivity index (χ1) is 13.6. The van der Waals surface area contributed by atoms with E-state index in [2.05, 4.69) is 17.0 Å². The van der Waals surface area contributed by atoms with Crippen molar-refractivity contribution >= 4 is 23.4 Å². The molecule has 2 saturated heterocycles. The molecule has 2 aromatic rings. The molecule has 0 radical (unpaired) electrons. The Balaban J connectivity index is 1.23. The minimum absolute atomic E-state index is 0.222. The zero-order valence-corrected chi connectivity index (χ0v) is 16.7. The van der Waals surface area contributed by atoms with Crippen LogP contribution in [-0.4, -0.2) is 36.2 Å². The van der Waals surface area contributed by atoms with Gasteiger partial charge in [-0.05, 0) is 48.1 Å². The highest BCUT2D eigenvalue weighted by atomic mass is 35.5. The van der Waals surface area contributed by atoms with Crippen LogP contribution >= 0.6 is 11.6 Å². The summed E-state index contributed by atoms with van der Waals surface area (Å²) in [5.74, 6) is 0.738. The number of piperidine rings is 1. The van der Waals surface area contributed by atoms with E-state index in [0.717, 1.165) is 49.1 Å². The topological polar surface area (TPSA) is 32.8 Å². The lowest BCUT2D eigenvalue weighted by Crippen LogP contribution is -2.46. The highest BCUT2D eigenvalue weighted by molar-refractivity contribution is 6.31. The number of para-hydroxylation sites is 1. The van der Waals surface area contributed by atoms with Gasteiger partial charge >= 0.3 is 6.09 Å². The van der Waals surface area contributed by atoms with Crippen molar-refractivity contribution in [2.24, 2.45) is 0 Å². The number of carbonyl (C=O) groups is 1. The minimum Gasteiger partial charge on any atom is -0.441 e. The molecule has 4 nitrogen and oxygen atoms in total. The first-order valence-electron chi connectivity index (χ1n) is 10.2. The number of likely N-dealkylation sites (tertiary alicyclic amines) is 1. The lowest BCUT2D eigenvalue weighted by molar-refractivity contribution is -0.000966. The Morgan fingerprint density at radius 1 is 1.07 bits per heavy atom. The van der Waals surface area contributed by atoms with Gasteiger partial charge in [-0.2, -0.15) is 0 Å². The summed E-state index contributed by atoms with van der Waals surface area (Å²) in [6, 6.07) is 16.3. The highest BCUT2D eigenvalue weighted by Gasteiger charge is 2.47. The van der Waals surface area contributed by atoms with Gasteiger partial charge in [0.05, 0.1) is 6.54 Å². The largest absolute Gasteiger partial charge is 0.441 e. The maximum Gasteiger partial charge on any atom is 0.415 e. The van der Waals surface area contributed by atoms with Crippen LogP contribution in [0.15, 0.2) is 48.5 Å². The molecule has 146 valence electrons. The molecule has 1 amide bonds. The molecule has 3 aliphatic rings. The maximum absolute atomic E-state index is 12.4. The van der Waals surface area contributed by atoms with E-state index < -0.39 is 0 Å². The molecule has 0 bridgehead atoms. The Labute approximate surface area is 171 Å². The van der Waals surface area contributed by atoms with Crippen LogP contribution < -0.4 is 4.90 Å². The molecule has 2 heterocycles. The Bertz CT molecular complexity index is 873. The number of nitrogens with zero attached hydrogens (tertiary/aromatic N) is 2. The predicted molar refractivity (Wildman–Crippen MR) is 111 cm³/mol. The van der Waals surface area contributed by atoms with Crippen LogP contribution in [0.25, 0.3) is 0 Å². The van der Waals surface area contributed by atoms with Crippen molar-refractivity contribution in [3.8, 4) is 0 Å². The van der Waals surface area contributed by atoms with Gasteiger partial charge in [0.25, 0.3) is 0 Å². The Hall–Kier alpha value is -2.04. The van der Waals surface area contributed by atoms with Gasteiger partial charge in [-0.25, -0.2) is 4.79 Å². The van der Waals surface area contributed by atoms with Crippen LogP contribution in [0.1, 0.15) is 42.7 Å². The van der Waals surface area contributed by atoms with Gasteiger partial charge in [-0.1, -0.05) is 41.9 Å². The quantitative estimate of drug-likeness (QED) is 0.711. The number of benzene rings is 2. The first kappa shape index (κ1) is 18.0. The van der Waals surface area contributed by atoms with Crippen LogP contribution in [0.5, 0.6) is 0 Å². The summed E-state index contributed by atoms with van der Waals surface area (Å²) in [4.78, 5) is 16.6. The number of halogens is 1. The molecule has 5 rings (SSSR count). The summed E-state index contributed by atoms with van der Waals surface area (Å²) in [5, 5.41) is 0.854. The number of amides is 1. The minimum atomic E-state index is -0.358. The SMILES string of the molecule is O=C1OC2(CCN(Cc3cc(C4CC4)ccc3Cl)CC2)CN1c1ccccc1. The highest BCUT2D eigenvalue weighted by Crippen LogP contribution is 2.41. The number of anilines is 1. The third kappa shape index (κ3) is 3.51. The molecule has 0 atom stereocenters. The zero-order valence-electron chi connectivity index (χ0n) is 15.9. The lowest BCUT2D eigenvalue weighted by atomic mass is 9.91. The standard InChI is InChI=1S/C23H25ClN2O2/c24-21-9-8-18(17-6-7-17)14-19(21)15-25-12-10-23(11-13-25)16-26(22(27)28-23)20-4-2-1-3-5-20/h1-5,8-9,14,17H,6-7,10-13,15-16H2. The first-order valence-corrected chi connectivity index (χ1v) is 10.6. The van der Waals surface area contributed by atoms with Crippen molar-refractivity contribution in [3.63, 3.8) is 0 Å². The van der Waals surface area contributed by atoms with Crippen LogP contribution in [0.2, 0.25) is 5.02 Å². The molecule has 0 aromatic heterocycles. The smallest absolute Gasteiger partial charge is 0.415 e. The molecule has 2 aromatic carbocycles. The fourth-order valence-corrected chi connectivity index (χ4v) is 4.61. The van der Waals surface area contributed by atoms with Crippen molar-refractivity contribution in [1.29, 1.82) is 0 Å². The van der Waals surface area contributed by atoms with Crippen LogP contribution in [-0.2, 0) is 11.3 Å². The normalized spacial score (nSPS) is 21.9. The summed E-state index contributed by atoms with van der Waals surface area (Å²) in [6.07, 6.45) is 4.11. The van der Waals surface area contributed by atoms with Gasteiger partial charge < -0.3 is 4.74 Å². The number of ether oxygens (including phenoxy) is 1. The van der Waals surface area contributed by atoms with Gasteiger partial charge in [-0.3, -0.25) is 9.80 Å². The van der Waals surface area contributed by atoms with Gasteiger partial charge in [0.15, 0.2) is 0 Å². The monoisotopic (exact) mass is 396 g/mol. The molecule has 28 heavy (non-hydrogen) atoms. The fourth-order valence-electron chi connectivity index (χ4n) is 4.44. The fraction of sp³-hybridized carbons (Fsp3) is 0.435. The van der Waals surface area contributed by atoms with Crippen LogP contribution in [0, 0.1) is 0 Å². The summed E-state index contributed by atoms with van der Waals surface area (Å²) < 4.78 is 5.87. The number of hydrogen-bond donors (Lipinski definition) is 0. The second-order valence-corrected chi connectivity index (χ2v) is 8.78. The third-order valence-corrected chi connectivity index (χ3v) is 6.69. The van der Waals surface area contributed by atoms with E-state index in [9.17, 15) is 4.79 Å². The van der Waals surface area contributed by atoms with Crippen LogP contribution in [0.3, 0.4) is 0 Å². The van der Waals surface area contributed by atoms with Crippen LogP contribution in [0.4, 0.5) is 10.5 Å². The van der Waals surface area contributed by atoms with Gasteiger partial charge in [0.2, 0.25) is 0 Å². The Morgan fingerprint density at radius 3 is 2.54 bits per heavy atom. The average Bonchev–Trinajstić information content (AvgIpc) is 3.51. The van der Waals surface area contributed by atoms with E-state index in [1.54, 1.807) is 4.90 Å². The van der Waals surface area contributed by atoms with E-state index in [1.807, 2.05) is 36.4 Å². The molecule has 3 fully saturated rings. The predicted octanol–water partition coefficient (Wildman–Crippen LogP) is 5.21. The van der Waals surface area contributed by atoms with E-state index in [1.165, 1.54) is 24.0 Å². The van der Waals surface area contributed by atoms with Crippen molar-refractivity contribution in [2.45, 2.75) is 43.7 Å². The Morgan fingerprint density at radius 2 is 1.82 bits per heavy atom. The summed E-state index contributed by atoms with van der Waals surface area (Å²) >= 11 is 6.46. The molecule has 1 saturated carbocycles. The average molecular weight is 397 g/mol. The molecule has 1 aliphatic carbocycles. The van der Waals surface area contributed by atoms with Crippen molar-refractivity contribution in [2.75, 3.05) is 24.5 Å². The summed E-state index contributed by atoms with van der Waals surface area (Å²) in [5.41, 5.74) is 3.20. The number of hydrogen-bond acceptors (Lipinski definition) is 3. The Kier molecular flexibility index (Phi) is 4.56. The molecule has 1 spiro atoms. The van der Waals surface area contributed by atoms with Crippen molar-refractivity contribution in [1.82, 2.24) is 4.90 Å². The lowest BCUT2D eigenvalue weighted by Gasteiger charge is -2.37. The van der Waals surface area contributed by atoms with E-state index >= 15 is 0 Å². The van der Waals surface area contributed by atoms with E-state index in [4.69, 9.17) is 16.3 Å². The molecular weight excluding hydrogens is 372 g/mol. The molecule has 0 unspecified atom stereocenters. The van der Waals surface area contributed by atoms with E-state index in [0.29, 0.717) is 6.54 Å². The maximum atomic E-state index is 12.4. The second-order valence-electron chi connectivity index (χ2n) is 8.37. The van der Waals surface area contributed by atoms with Gasteiger partial charge in [-0.15, -0.1) is 0 Å². The number of rotatable bonds is 4. The van der Waals surface area contributed by atoms with E-state index in [-0.39, 0.29) is 11.7 Å². The summed E-state index contributed by atoms with van der Waals surface area (Å²) in [7, 11) is 0. The molecule has 0 N–H and O–H groups in total. The third-order valence-electron chi connectivity index (χ3n) is 6.32. The molecular formula is C23H25ClN2O2. The van der Waals surface area contributed by atoms with Crippen molar-refractivity contribution < 1.29 is 9.53 Å². The van der Waals surface area contributed by atoms with Crippen molar-refractivity contribution in [3.05, 3.63) is 64.7 Å². The summed E-state index contributed by atoms with van der Waals surface area (Å²) in [6.45, 7) is 3.34. The zero-order chi connectivity index (χ0) is 19.1.